The lowest BCUT2D eigenvalue weighted by Crippen LogP contribution is -2.30. The van der Waals surface area contributed by atoms with E-state index < -0.39 is 6.10 Å². The normalized spacial score (nSPS) is 12.8. The average Bonchev–Trinajstić information content (AvgIpc) is 3.43. The molecule has 440 valence electrons. The number of rotatable bonds is 58. The van der Waals surface area contributed by atoms with Crippen LogP contribution in [0.5, 0.6) is 0 Å². The Morgan fingerprint density at radius 1 is 0.273 bits per heavy atom. The van der Waals surface area contributed by atoms with Crippen molar-refractivity contribution in [2.24, 2.45) is 0 Å². The molecule has 0 N–H and O–H groups in total. The lowest BCUT2D eigenvalue weighted by atomic mass is 10.0. The van der Waals surface area contributed by atoms with Gasteiger partial charge in [0.2, 0.25) is 0 Å². The quantitative estimate of drug-likeness (QED) is 0.0261. The van der Waals surface area contributed by atoms with E-state index in [1.807, 2.05) is 0 Å². The van der Waals surface area contributed by atoms with Crippen LogP contribution in [0.1, 0.15) is 303 Å². The third kappa shape index (κ3) is 62.8. The number of hydrogen-bond acceptors (Lipinski definition) is 6. The van der Waals surface area contributed by atoms with Gasteiger partial charge in [0.15, 0.2) is 6.10 Å². The molecule has 6 heteroatoms. The Balaban J connectivity index is 4.06. The highest BCUT2D eigenvalue weighted by molar-refractivity contribution is 5.71. The fraction of sp³-hybridized carbons (Fsp3) is 0.704. The number of hydrogen-bond donors (Lipinski definition) is 0. The summed E-state index contributed by atoms with van der Waals surface area (Å²) in [7, 11) is 0. The summed E-state index contributed by atoms with van der Waals surface area (Å²) in [4.78, 5) is 38.0. The average molecular weight is 1070 g/mol. The maximum atomic E-state index is 12.8. The van der Waals surface area contributed by atoms with Gasteiger partial charge in [-0.3, -0.25) is 14.4 Å². The smallest absolute Gasteiger partial charge is 0.306 e. The first-order valence-corrected chi connectivity index (χ1v) is 32.4. The summed E-state index contributed by atoms with van der Waals surface area (Å²) >= 11 is 0. The van der Waals surface area contributed by atoms with Crippen molar-refractivity contribution >= 4 is 17.9 Å². The molecule has 0 heterocycles. The van der Waals surface area contributed by atoms with E-state index in [1.54, 1.807) is 0 Å². The lowest BCUT2D eigenvalue weighted by molar-refractivity contribution is -0.167. The molecule has 0 rings (SSSR count). The zero-order valence-corrected chi connectivity index (χ0v) is 50.4. The topological polar surface area (TPSA) is 78.9 Å². The maximum Gasteiger partial charge on any atom is 0.306 e. The highest BCUT2D eigenvalue weighted by Crippen LogP contribution is 2.17. The van der Waals surface area contributed by atoms with Crippen molar-refractivity contribution in [2.45, 2.75) is 309 Å². The van der Waals surface area contributed by atoms with Crippen LogP contribution in [-0.4, -0.2) is 37.2 Å². The molecule has 0 bridgehead atoms. The summed E-state index contributed by atoms with van der Waals surface area (Å²) in [5.74, 6) is -0.920. The second kappa shape index (κ2) is 64.6. The van der Waals surface area contributed by atoms with Gasteiger partial charge < -0.3 is 14.2 Å². The zero-order valence-electron chi connectivity index (χ0n) is 50.4. The minimum atomic E-state index is -0.792. The highest BCUT2D eigenvalue weighted by atomic mass is 16.6. The second-order valence-corrected chi connectivity index (χ2v) is 21.3. The Morgan fingerprint density at radius 3 is 0.805 bits per heavy atom. The van der Waals surface area contributed by atoms with Gasteiger partial charge >= 0.3 is 17.9 Å². The molecule has 1 atom stereocenters. The molecule has 0 aromatic rings. The van der Waals surface area contributed by atoms with Crippen molar-refractivity contribution in [3.8, 4) is 0 Å². The van der Waals surface area contributed by atoms with Crippen LogP contribution in [0, 0.1) is 0 Å². The molecule has 0 saturated heterocycles. The lowest BCUT2D eigenvalue weighted by Gasteiger charge is -2.18. The minimum Gasteiger partial charge on any atom is -0.462 e. The Morgan fingerprint density at radius 2 is 0.506 bits per heavy atom. The van der Waals surface area contributed by atoms with Crippen LogP contribution in [0.2, 0.25) is 0 Å². The van der Waals surface area contributed by atoms with E-state index in [1.165, 1.54) is 141 Å². The van der Waals surface area contributed by atoms with Crippen molar-refractivity contribution in [3.63, 3.8) is 0 Å². The van der Waals surface area contributed by atoms with Crippen molar-refractivity contribution in [2.75, 3.05) is 13.2 Å². The van der Waals surface area contributed by atoms with Gasteiger partial charge in [0.25, 0.3) is 0 Å². The molecule has 0 aliphatic rings. The number of allylic oxidation sites excluding steroid dienone is 18. The molecule has 0 aliphatic heterocycles. The van der Waals surface area contributed by atoms with Crippen LogP contribution >= 0.6 is 0 Å². The first kappa shape index (κ1) is 73.1. The van der Waals surface area contributed by atoms with Crippen LogP contribution in [0.15, 0.2) is 109 Å². The Labute approximate surface area is 476 Å². The molecular formula is C71H120O6. The van der Waals surface area contributed by atoms with Crippen LogP contribution < -0.4 is 0 Å². The van der Waals surface area contributed by atoms with Gasteiger partial charge in [0.1, 0.15) is 13.2 Å². The summed E-state index contributed by atoms with van der Waals surface area (Å²) in [6.45, 7) is 6.36. The van der Waals surface area contributed by atoms with Gasteiger partial charge in [-0.2, -0.15) is 0 Å². The Bertz CT molecular complexity index is 1560. The Kier molecular flexibility index (Phi) is 61.3. The van der Waals surface area contributed by atoms with Crippen molar-refractivity contribution in [3.05, 3.63) is 109 Å². The number of esters is 3. The third-order valence-electron chi connectivity index (χ3n) is 13.8. The van der Waals surface area contributed by atoms with E-state index in [2.05, 4.69) is 130 Å². The highest BCUT2D eigenvalue weighted by Gasteiger charge is 2.19. The van der Waals surface area contributed by atoms with Crippen molar-refractivity contribution in [1.29, 1.82) is 0 Å². The molecule has 0 amide bonds. The molecule has 0 spiro atoms. The molecule has 0 radical (unpaired) electrons. The van der Waals surface area contributed by atoms with Crippen LogP contribution in [0.3, 0.4) is 0 Å². The van der Waals surface area contributed by atoms with Gasteiger partial charge in [-0.25, -0.2) is 0 Å². The molecule has 77 heavy (non-hydrogen) atoms. The summed E-state index contributed by atoms with van der Waals surface area (Å²) in [5, 5.41) is 0. The first-order valence-electron chi connectivity index (χ1n) is 32.4. The van der Waals surface area contributed by atoms with Gasteiger partial charge in [-0.05, 0) is 103 Å². The van der Waals surface area contributed by atoms with E-state index in [9.17, 15) is 14.4 Å². The zero-order chi connectivity index (χ0) is 55.7. The standard InChI is InChI=1S/C71H120O6/c1-4-7-10-13-16-18-20-22-24-26-28-29-30-31-32-33-34-35-36-37-38-39-40-41-43-44-46-48-50-52-55-58-61-64-70(73)76-67-68(66-75-69(72)63-60-57-54-15-12-9-6-3)77-71(74)65-62-59-56-53-51-49-47-45-42-27-25-23-21-19-17-14-11-8-5-2/h7-8,10-11,16-19,22-25,28-29,42,45,49,51,68H,4-6,9,12-15,20-21,26-27,30-41,43-44,46-48,50,52-67H2,1-3H3/b10-7-,11-8-,18-16-,19-17-,24-22-,25-23-,29-28-,45-42-,51-49-. The van der Waals surface area contributed by atoms with E-state index in [0.29, 0.717) is 19.3 Å². The summed E-state index contributed by atoms with van der Waals surface area (Å²) in [6, 6.07) is 0. The van der Waals surface area contributed by atoms with E-state index in [-0.39, 0.29) is 31.1 Å². The monoisotopic (exact) mass is 1070 g/mol. The van der Waals surface area contributed by atoms with E-state index >= 15 is 0 Å². The summed E-state index contributed by atoms with van der Waals surface area (Å²) in [6.07, 6.45) is 88.5. The summed E-state index contributed by atoms with van der Waals surface area (Å²) < 4.78 is 16.8. The number of unbranched alkanes of at least 4 members (excludes halogenated alkanes) is 29. The third-order valence-corrected chi connectivity index (χ3v) is 13.8. The minimum absolute atomic E-state index is 0.0886. The van der Waals surface area contributed by atoms with E-state index in [4.69, 9.17) is 14.2 Å². The molecular weight excluding hydrogens is 949 g/mol. The summed E-state index contributed by atoms with van der Waals surface area (Å²) in [5.41, 5.74) is 0. The SMILES string of the molecule is CC/C=C\C/C=C\C/C=C\C/C=C\C/C=C\CCCCCC(=O)OC(COC(=O)CCCCCCCCC)COC(=O)CCCCCCCCCCCCCCCCCCCCCC/C=C\C/C=C\C/C=C\C/C=C\CC. The second-order valence-electron chi connectivity index (χ2n) is 21.3. The maximum absolute atomic E-state index is 12.8. The van der Waals surface area contributed by atoms with Crippen molar-refractivity contribution in [1.82, 2.24) is 0 Å². The number of carbonyl (C=O) groups is 3. The van der Waals surface area contributed by atoms with E-state index in [0.717, 1.165) is 122 Å². The predicted octanol–water partition coefficient (Wildman–Crippen LogP) is 22.2. The van der Waals surface area contributed by atoms with Crippen LogP contribution in [0.4, 0.5) is 0 Å². The predicted molar refractivity (Wildman–Crippen MR) is 334 cm³/mol. The van der Waals surface area contributed by atoms with Crippen LogP contribution in [0.25, 0.3) is 0 Å². The molecule has 6 nitrogen and oxygen atoms in total. The van der Waals surface area contributed by atoms with Crippen LogP contribution in [-0.2, 0) is 28.6 Å². The molecule has 0 saturated carbocycles. The molecule has 0 fully saturated rings. The number of ether oxygens (including phenoxy) is 3. The molecule has 0 aliphatic carbocycles. The van der Waals surface area contributed by atoms with Crippen molar-refractivity contribution < 1.29 is 28.6 Å². The van der Waals surface area contributed by atoms with Gasteiger partial charge in [0, 0.05) is 19.3 Å². The molecule has 1 unspecified atom stereocenters. The van der Waals surface area contributed by atoms with Gasteiger partial charge in [-0.15, -0.1) is 0 Å². The molecule has 0 aromatic carbocycles. The number of carbonyl (C=O) groups excluding carboxylic acids is 3. The Hall–Kier alpha value is -3.93. The van der Waals surface area contributed by atoms with Gasteiger partial charge in [-0.1, -0.05) is 291 Å². The fourth-order valence-corrected chi connectivity index (χ4v) is 8.99. The first-order chi connectivity index (χ1) is 38.0. The van der Waals surface area contributed by atoms with Gasteiger partial charge in [0.05, 0.1) is 0 Å². The molecule has 0 aromatic heterocycles. The fourth-order valence-electron chi connectivity index (χ4n) is 8.99. The largest absolute Gasteiger partial charge is 0.462 e.